The van der Waals surface area contributed by atoms with E-state index < -0.39 is 0 Å². The molecule has 2 aromatic rings. The van der Waals surface area contributed by atoms with Crippen LogP contribution >= 0.6 is 23.2 Å². The van der Waals surface area contributed by atoms with E-state index in [4.69, 9.17) is 23.2 Å². The summed E-state index contributed by atoms with van der Waals surface area (Å²) in [6, 6.07) is 16.7. The summed E-state index contributed by atoms with van der Waals surface area (Å²) < 4.78 is 0. The van der Waals surface area contributed by atoms with E-state index in [1.54, 1.807) is 12.1 Å². The van der Waals surface area contributed by atoms with Crippen molar-refractivity contribution in [3.05, 3.63) is 69.7 Å². The Labute approximate surface area is 122 Å². The second-order valence-corrected chi connectivity index (χ2v) is 4.99. The van der Waals surface area contributed by atoms with E-state index >= 15 is 0 Å². The zero-order valence-corrected chi connectivity index (χ0v) is 11.6. The van der Waals surface area contributed by atoms with Crippen LogP contribution in [0, 0.1) is 11.3 Å². The maximum absolute atomic E-state index is 9.20. The van der Waals surface area contributed by atoms with Crippen LogP contribution in [0.5, 0.6) is 0 Å². The van der Waals surface area contributed by atoms with E-state index in [0.29, 0.717) is 16.6 Å². The third kappa shape index (κ3) is 3.97. The van der Waals surface area contributed by atoms with Crippen LogP contribution in [0.1, 0.15) is 17.2 Å². The van der Waals surface area contributed by atoms with Gasteiger partial charge in [-0.1, -0.05) is 47.5 Å². The van der Waals surface area contributed by atoms with Crippen molar-refractivity contribution in [3.63, 3.8) is 0 Å². The molecule has 96 valence electrons. The summed E-state index contributed by atoms with van der Waals surface area (Å²) in [5.74, 6) is 0. The molecule has 0 spiro atoms. The molecule has 0 aliphatic rings. The topological polar surface area (TPSA) is 35.8 Å². The fraction of sp³-hybridized carbons (Fsp3) is 0.133. The molecule has 4 heteroatoms. The Morgan fingerprint density at radius 3 is 2.00 bits per heavy atom. The molecular weight excluding hydrogens is 279 g/mol. The average molecular weight is 291 g/mol. The first-order valence-electron chi connectivity index (χ1n) is 5.82. The zero-order valence-electron chi connectivity index (χ0n) is 10.1. The van der Waals surface area contributed by atoms with Crippen LogP contribution in [0.4, 0.5) is 0 Å². The molecule has 0 saturated carbocycles. The standard InChI is InChI=1S/C15H12Cl2N2/c16-13-5-1-11(2-6-13)10-19-15(9-18)12-3-7-14(17)8-4-12/h1-8,15,19H,10H2. The van der Waals surface area contributed by atoms with Crippen molar-refractivity contribution in [3.8, 4) is 6.07 Å². The lowest BCUT2D eigenvalue weighted by molar-refractivity contribution is 0.630. The van der Waals surface area contributed by atoms with Crippen LogP contribution in [-0.4, -0.2) is 0 Å². The van der Waals surface area contributed by atoms with E-state index in [9.17, 15) is 5.26 Å². The summed E-state index contributed by atoms with van der Waals surface area (Å²) in [5.41, 5.74) is 1.99. The van der Waals surface area contributed by atoms with Crippen molar-refractivity contribution < 1.29 is 0 Å². The largest absolute Gasteiger partial charge is 0.294 e. The van der Waals surface area contributed by atoms with Gasteiger partial charge in [0.2, 0.25) is 0 Å². The predicted molar refractivity (Wildman–Crippen MR) is 78.1 cm³/mol. The van der Waals surface area contributed by atoms with Gasteiger partial charge in [-0.3, -0.25) is 5.32 Å². The molecule has 0 heterocycles. The van der Waals surface area contributed by atoms with E-state index in [1.807, 2.05) is 36.4 Å². The molecule has 1 N–H and O–H groups in total. The molecule has 0 aliphatic heterocycles. The van der Waals surface area contributed by atoms with Crippen LogP contribution in [0.3, 0.4) is 0 Å². The van der Waals surface area contributed by atoms with Crippen molar-refractivity contribution in [2.75, 3.05) is 0 Å². The smallest absolute Gasteiger partial charge is 0.121 e. The van der Waals surface area contributed by atoms with Gasteiger partial charge in [-0.05, 0) is 35.4 Å². The van der Waals surface area contributed by atoms with E-state index in [1.165, 1.54) is 0 Å². The molecule has 0 amide bonds. The molecule has 0 saturated heterocycles. The SMILES string of the molecule is N#CC(NCc1ccc(Cl)cc1)c1ccc(Cl)cc1. The van der Waals surface area contributed by atoms with Gasteiger partial charge in [0.05, 0.1) is 6.07 Å². The summed E-state index contributed by atoms with van der Waals surface area (Å²) in [5, 5.41) is 13.8. The molecule has 1 atom stereocenters. The molecule has 0 aromatic heterocycles. The highest BCUT2D eigenvalue weighted by Crippen LogP contribution is 2.17. The fourth-order valence-electron chi connectivity index (χ4n) is 1.72. The van der Waals surface area contributed by atoms with E-state index in [0.717, 1.165) is 11.1 Å². The van der Waals surface area contributed by atoms with Crippen molar-refractivity contribution in [2.45, 2.75) is 12.6 Å². The molecule has 0 aliphatic carbocycles. The summed E-state index contributed by atoms with van der Waals surface area (Å²) in [6.07, 6.45) is 0. The molecular formula is C15H12Cl2N2. The lowest BCUT2D eigenvalue weighted by Gasteiger charge is -2.12. The van der Waals surface area contributed by atoms with Gasteiger partial charge in [0.25, 0.3) is 0 Å². The van der Waals surface area contributed by atoms with Crippen molar-refractivity contribution in [2.24, 2.45) is 0 Å². The third-order valence-electron chi connectivity index (χ3n) is 2.76. The molecule has 1 unspecified atom stereocenters. The number of hydrogen-bond donors (Lipinski definition) is 1. The zero-order chi connectivity index (χ0) is 13.7. The van der Waals surface area contributed by atoms with Gasteiger partial charge in [-0.15, -0.1) is 0 Å². The highest BCUT2D eigenvalue weighted by molar-refractivity contribution is 6.30. The maximum atomic E-state index is 9.20. The lowest BCUT2D eigenvalue weighted by Crippen LogP contribution is -2.19. The van der Waals surface area contributed by atoms with Gasteiger partial charge >= 0.3 is 0 Å². The molecule has 0 radical (unpaired) electrons. The minimum absolute atomic E-state index is 0.354. The highest BCUT2D eigenvalue weighted by atomic mass is 35.5. The Morgan fingerprint density at radius 1 is 0.947 bits per heavy atom. The molecule has 0 bridgehead atoms. The molecule has 2 aromatic carbocycles. The van der Waals surface area contributed by atoms with Crippen LogP contribution < -0.4 is 5.32 Å². The van der Waals surface area contributed by atoms with Gasteiger partial charge in [-0.25, -0.2) is 0 Å². The quantitative estimate of drug-likeness (QED) is 0.909. The van der Waals surface area contributed by atoms with Crippen LogP contribution in [-0.2, 0) is 6.54 Å². The first-order valence-corrected chi connectivity index (χ1v) is 6.57. The summed E-state index contributed by atoms with van der Waals surface area (Å²) in [6.45, 7) is 0.609. The summed E-state index contributed by atoms with van der Waals surface area (Å²) in [4.78, 5) is 0. The normalized spacial score (nSPS) is 11.8. The van der Waals surface area contributed by atoms with Crippen LogP contribution in [0.25, 0.3) is 0 Å². The van der Waals surface area contributed by atoms with Crippen molar-refractivity contribution in [1.82, 2.24) is 5.32 Å². The third-order valence-corrected chi connectivity index (χ3v) is 3.26. The Balaban J connectivity index is 2.02. The minimum atomic E-state index is -0.354. The first-order chi connectivity index (χ1) is 9.19. The van der Waals surface area contributed by atoms with E-state index in [2.05, 4.69) is 11.4 Å². The predicted octanol–water partition coefficient (Wildman–Crippen LogP) is 4.35. The minimum Gasteiger partial charge on any atom is -0.294 e. The molecule has 2 rings (SSSR count). The fourth-order valence-corrected chi connectivity index (χ4v) is 1.97. The van der Waals surface area contributed by atoms with E-state index in [-0.39, 0.29) is 6.04 Å². The van der Waals surface area contributed by atoms with Gasteiger partial charge in [-0.2, -0.15) is 5.26 Å². The van der Waals surface area contributed by atoms with Crippen molar-refractivity contribution in [1.29, 1.82) is 5.26 Å². The number of halogens is 2. The van der Waals surface area contributed by atoms with Gasteiger partial charge in [0.15, 0.2) is 0 Å². The monoisotopic (exact) mass is 290 g/mol. The van der Waals surface area contributed by atoms with Gasteiger partial charge in [0, 0.05) is 16.6 Å². The van der Waals surface area contributed by atoms with Crippen LogP contribution in [0.15, 0.2) is 48.5 Å². The second kappa shape index (κ2) is 6.58. The van der Waals surface area contributed by atoms with Crippen LogP contribution in [0.2, 0.25) is 10.0 Å². The number of benzene rings is 2. The number of nitrogens with zero attached hydrogens (tertiary/aromatic N) is 1. The Morgan fingerprint density at radius 2 is 1.47 bits per heavy atom. The first kappa shape index (κ1) is 13.9. The average Bonchev–Trinajstić information content (AvgIpc) is 2.43. The summed E-state index contributed by atoms with van der Waals surface area (Å²) >= 11 is 11.7. The maximum Gasteiger partial charge on any atom is 0.121 e. The summed E-state index contributed by atoms with van der Waals surface area (Å²) in [7, 11) is 0. The van der Waals surface area contributed by atoms with Gasteiger partial charge in [0.1, 0.15) is 6.04 Å². The number of nitriles is 1. The Hall–Kier alpha value is -1.53. The second-order valence-electron chi connectivity index (χ2n) is 4.12. The molecule has 0 fully saturated rings. The van der Waals surface area contributed by atoms with Crippen molar-refractivity contribution >= 4 is 23.2 Å². The molecule has 2 nitrogen and oxygen atoms in total. The number of rotatable bonds is 4. The molecule has 19 heavy (non-hydrogen) atoms. The highest BCUT2D eigenvalue weighted by Gasteiger charge is 2.09. The lowest BCUT2D eigenvalue weighted by atomic mass is 10.1. The van der Waals surface area contributed by atoms with Gasteiger partial charge < -0.3 is 0 Å². The number of hydrogen-bond acceptors (Lipinski definition) is 2. The Bertz CT molecular complexity index is 571. The number of nitrogens with one attached hydrogen (secondary N) is 1. The Kier molecular flexibility index (Phi) is 4.81.